The summed E-state index contributed by atoms with van der Waals surface area (Å²) in [6.07, 6.45) is 0.964. The number of anilines is 1. The number of amides is 1. The van der Waals surface area contributed by atoms with Crippen LogP contribution in [0.25, 0.3) is 0 Å². The lowest BCUT2D eigenvalue weighted by Crippen LogP contribution is -2.36. The van der Waals surface area contributed by atoms with Gasteiger partial charge in [0.25, 0.3) is 5.91 Å². The van der Waals surface area contributed by atoms with Crippen LogP contribution < -0.4 is 5.73 Å². The van der Waals surface area contributed by atoms with Gasteiger partial charge in [0, 0.05) is 49.6 Å². The van der Waals surface area contributed by atoms with E-state index >= 15 is 0 Å². The molecule has 5 nitrogen and oxygen atoms in total. The SMILES string of the molecule is COCCN1CCCN(C(=O)c2cc(N)cc(Cl)c2)CC1. The molecule has 116 valence electrons. The van der Waals surface area contributed by atoms with Gasteiger partial charge < -0.3 is 15.4 Å². The Morgan fingerprint density at radius 2 is 2.10 bits per heavy atom. The maximum Gasteiger partial charge on any atom is 0.254 e. The number of halogens is 1. The number of nitrogens with two attached hydrogens (primary N) is 1. The van der Waals surface area contributed by atoms with Crippen molar-refractivity contribution in [2.45, 2.75) is 6.42 Å². The molecule has 0 atom stereocenters. The molecule has 1 saturated heterocycles. The molecule has 1 heterocycles. The van der Waals surface area contributed by atoms with Crippen molar-refractivity contribution in [2.75, 3.05) is 52.2 Å². The minimum atomic E-state index is -0.00204. The fourth-order valence-electron chi connectivity index (χ4n) is 2.54. The highest BCUT2D eigenvalue weighted by molar-refractivity contribution is 6.31. The van der Waals surface area contributed by atoms with Crippen molar-refractivity contribution in [1.82, 2.24) is 9.80 Å². The van der Waals surface area contributed by atoms with E-state index in [-0.39, 0.29) is 5.91 Å². The van der Waals surface area contributed by atoms with Gasteiger partial charge in [-0.3, -0.25) is 9.69 Å². The Balaban J connectivity index is 1.99. The summed E-state index contributed by atoms with van der Waals surface area (Å²) in [7, 11) is 1.71. The summed E-state index contributed by atoms with van der Waals surface area (Å²) in [5, 5.41) is 0.495. The quantitative estimate of drug-likeness (QED) is 0.860. The number of carbonyl (C=O) groups is 1. The highest BCUT2D eigenvalue weighted by Crippen LogP contribution is 2.18. The molecule has 1 amide bonds. The highest BCUT2D eigenvalue weighted by Gasteiger charge is 2.20. The van der Waals surface area contributed by atoms with Crippen LogP contribution in [0.4, 0.5) is 5.69 Å². The average Bonchev–Trinajstić information content (AvgIpc) is 2.68. The molecule has 0 unspecified atom stereocenters. The van der Waals surface area contributed by atoms with Crippen LogP contribution in [0.1, 0.15) is 16.8 Å². The van der Waals surface area contributed by atoms with Crippen LogP contribution in [0, 0.1) is 0 Å². The summed E-state index contributed by atoms with van der Waals surface area (Å²) >= 11 is 5.97. The molecule has 0 bridgehead atoms. The Bertz CT molecular complexity index is 476. The predicted molar refractivity (Wildman–Crippen MR) is 84.7 cm³/mol. The van der Waals surface area contributed by atoms with E-state index in [2.05, 4.69) is 4.90 Å². The molecule has 0 aliphatic carbocycles. The Labute approximate surface area is 130 Å². The zero-order chi connectivity index (χ0) is 15.2. The second-order valence-corrected chi connectivity index (χ2v) is 5.69. The lowest BCUT2D eigenvalue weighted by Gasteiger charge is -2.22. The maximum atomic E-state index is 12.5. The Morgan fingerprint density at radius 1 is 1.29 bits per heavy atom. The number of nitrogens with zero attached hydrogens (tertiary/aromatic N) is 2. The second kappa shape index (κ2) is 7.64. The summed E-state index contributed by atoms with van der Waals surface area (Å²) < 4.78 is 5.10. The summed E-state index contributed by atoms with van der Waals surface area (Å²) in [6.45, 7) is 4.96. The van der Waals surface area contributed by atoms with E-state index < -0.39 is 0 Å². The number of nitrogen functional groups attached to an aromatic ring is 1. The van der Waals surface area contributed by atoms with Crippen LogP contribution in [-0.2, 0) is 4.74 Å². The van der Waals surface area contributed by atoms with Crippen LogP contribution in [-0.4, -0.2) is 62.1 Å². The Morgan fingerprint density at radius 3 is 2.81 bits per heavy atom. The average molecular weight is 312 g/mol. The standard InChI is InChI=1S/C15H22ClN3O2/c1-21-8-7-18-3-2-4-19(6-5-18)15(20)12-9-13(16)11-14(17)10-12/h9-11H,2-8,17H2,1H3. The molecule has 1 aromatic carbocycles. The van der Waals surface area contributed by atoms with Gasteiger partial charge >= 0.3 is 0 Å². The third kappa shape index (κ3) is 4.59. The lowest BCUT2D eigenvalue weighted by molar-refractivity contribution is 0.0759. The molecule has 1 aliphatic heterocycles. The number of benzene rings is 1. The molecular formula is C15H22ClN3O2. The van der Waals surface area contributed by atoms with Gasteiger partial charge in [-0.2, -0.15) is 0 Å². The number of rotatable bonds is 4. The molecule has 1 aliphatic rings. The first-order valence-electron chi connectivity index (χ1n) is 7.17. The van der Waals surface area contributed by atoms with Crippen LogP contribution in [0.3, 0.4) is 0 Å². The molecule has 1 aromatic rings. The van der Waals surface area contributed by atoms with Crippen molar-refractivity contribution in [3.05, 3.63) is 28.8 Å². The summed E-state index contributed by atoms with van der Waals surface area (Å²) in [4.78, 5) is 16.7. The van der Waals surface area contributed by atoms with E-state index in [1.807, 2.05) is 4.90 Å². The van der Waals surface area contributed by atoms with Crippen molar-refractivity contribution in [3.8, 4) is 0 Å². The van der Waals surface area contributed by atoms with Gasteiger partial charge in [0.05, 0.1) is 6.61 Å². The van der Waals surface area contributed by atoms with Crippen molar-refractivity contribution in [3.63, 3.8) is 0 Å². The first kappa shape index (κ1) is 16.1. The monoisotopic (exact) mass is 311 g/mol. The minimum Gasteiger partial charge on any atom is -0.399 e. The van der Waals surface area contributed by atoms with Gasteiger partial charge in [0.15, 0.2) is 0 Å². The fourth-order valence-corrected chi connectivity index (χ4v) is 2.78. The van der Waals surface area contributed by atoms with E-state index in [0.29, 0.717) is 16.3 Å². The van der Waals surface area contributed by atoms with Crippen molar-refractivity contribution >= 4 is 23.2 Å². The lowest BCUT2D eigenvalue weighted by atomic mass is 10.1. The van der Waals surface area contributed by atoms with E-state index in [0.717, 1.165) is 45.8 Å². The molecule has 0 spiro atoms. The van der Waals surface area contributed by atoms with E-state index in [1.54, 1.807) is 25.3 Å². The van der Waals surface area contributed by atoms with E-state index in [1.165, 1.54) is 0 Å². The second-order valence-electron chi connectivity index (χ2n) is 5.25. The van der Waals surface area contributed by atoms with Crippen LogP contribution >= 0.6 is 11.6 Å². The smallest absolute Gasteiger partial charge is 0.254 e. The van der Waals surface area contributed by atoms with E-state index in [9.17, 15) is 4.79 Å². The van der Waals surface area contributed by atoms with Gasteiger partial charge in [-0.1, -0.05) is 11.6 Å². The number of methoxy groups -OCH3 is 1. The Kier molecular flexibility index (Phi) is 5.85. The van der Waals surface area contributed by atoms with Gasteiger partial charge in [-0.25, -0.2) is 0 Å². The molecule has 2 rings (SSSR count). The number of hydrogen-bond donors (Lipinski definition) is 1. The van der Waals surface area contributed by atoms with Crippen molar-refractivity contribution < 1.29 is 9.53 Å². The molecule has 2 N–H and O–H groups in total. The predicted octanol–water partition coefficient (Wildman–Crippen LogP) is 1.72. The van der Waals surface area contributed by atoms with Crippen molar-refractivity contribution in [1.29, 1.82) is 0 Å². The fraction of sp³-hybridized carbons (Fsp3) is 0.533. The van der Waals surface area contributed by atoms with Gasteiger partial charge in [-0.05, 0) is 31.2 Å². The van der Waals surface area contributed by atoms with Gasteiger partial charge in [-0.15, -0.1) is 0 Å². The van der Waals surface area contributed by atoms with Crippen LogP contribution in [0.15, 0.2) is 18.2 Å². The highest BCUT2D eigenvalue weighted by atomic mass is 35.5. The number of hydrogen-bond acceptors (Lipinski definition) is 4. The normalized spacial score (nSPS) is 16.8. The number of carbonyl (C=O) groups excluding carboxylic acids is 1. The van der Waals surface area contributed by atoms with Crippen molar-refractivity contribution in [2.24, 2.45) is 0 Å². The van der Waals surface area contributed by atoms with Gasteiger partial charge in [0.2, 0.25) is 0 Å². The zero-order valence-electron chi connectivity index (χ0n) is 12.3. The molecule has 0 saturated carbocycles. The molecule has 1 fully saturated rings. The topological polar surface area (TPSA) is 58.8 Å². The summed E-state index contributed by atoms with van der Waals surface area (Å²) in [5.41, 5.74) is 6.83. The van der Waals surface area contributed by atoms with Gasteiger partial charge in [0.1, 0.15) is 0 Å². The summed E-state index contributed by atoms with van der Waals surface area (Å²) in [5.74, 6) is -0.00204. The third-order valence-corrected chi connectivity index (χ3v) is 3.87. The largest absolute Gasteiger partial charge is 0.399 e. The zero-order valence-corrected chi connectivity index (χ0v) is 13.1. The Hall–Kier alpha value is -1.30. The number of ether oxygens (including phenoxy) is 1. The molecule has 0 aromatic heterocycles. The summed E-state index contributed by atoms with van der Waals surface area (Å²) in [6, 6.07) is 5.00. The first-order valence-corrected chi connectivity index (χ1v) is 7.54. The molecular weight excluding hydrogens is 290 g/mol. The molecule has 21 heavy (non-hydrogen) atoms. The first-order chi connectivity index (χ1) is 10.1. The third-order valence-electron chi connectivity index (χ3n) is 3.65. The minimum absolute atomic E-state index is 0.00204. The maximum absolute atomic E-state index is 12.5. The molecule has 0 radical (unpaired) electrons. The molecule has 6 heteroatoms. The van der Waals surface area contributed by atoms with Crippen LogP contribution in [0.2, 0.25) is 5.02 Å². The van der Waals surface area contributed by atoms with Crippen LogP contribution in [0.5, 0.6) is 0 Å². The van der Waals surface area contributed by atoms with E-state index in [4.69, 9.17) is 22.1 Å².